The van der Waals surface area contributed by atoms with E-state index in [4.69, 9.17) is 0 Å². The molecular weight excluding hydrogens is 255 g/mol. The maximum absolute atomic E-state index is 13.2. The summed E-state index contributed by atoms with van der Waals surface area (Å²) in [5.74, 6) is -0.350. The number of nitrogens with one attached hydrogen (secondary N) is 2. The van der Waals surface area contributed by atoms with Gasteiger partial charge in [0.05, 0.1) is 5.92 Å². The Morgan fingerprint density at radius 1 is 1.44 bits per heavy atom. The van der Waals surface area contributed by atoms with Gasteiger partial charge in [0.15, 0.2) is 0 Å². The monoisotopic (exact) mass is 272 g/mol. The molecule has 3 nitrogen and oxygen atoms in total. The summed E-state index contributed by atoms with van der Waals surface area (Å²) in [5, 5.41) is 5.96. The fraction of sp³-hybridized carbons (Fsp3) is 0.462. The number of rotatable bonds is 2. The summed E-state index contributed by atoms with van der Waals surface area (Å²) in [6, 6.07) is 4.57. The van der Waals surface area contributed by atoms with Crippen molar-refractivity contribution in [2.24, 2.45) is 5.92 Å². The third-order valence-electron chi connectivity index (χ3n) is 2.98. The summed E-state index contributed by atoms with van der Waals surface area (Å²) >= 11 is 0. The summed E-state index contributed by atoms with van der Waals surface area (Å²) in [4.78, 5) is 11.9. The highest BCUT2D eigenvalue weighted by molar-refractivity contribution is 5.92. The van der Waals surface area contributed by atoms with E-state index < -0.39 is 0 Å². The lowest BCUT2D eigenvalue weighted by Crippen LogP contribution is -2.37. The van der Waals surface area contributed by atoms with Crippen LogP contribution in [0, 0.1) is 18.7 Å². The Morgan fingerprint density at radius 2 is 2.22 bits per heavy atom. The highest BCUT2D eigenvalue weighted by atomic mass is 35.5. The van der Waals surface area contributed by atoms with Crippen LogP contribution in [0.2, 0.25) is 0 Å². The predicted molar refractivity (Wildman–Crippen MR) is 72.6 cm³/mol. The molecule has 0 bridgehead atoms. The Morgan fingerprint density at radius 3 is 2.83 bits per heavy atom. The van der Waals surface area contributed by atoms with Gasteiger partial charge in [0, 0.05) is 12.2 Å². The Bertz CT molecular complexity index is 399. The Kier molecular flexibility index (Phi) is 5.56. The first-order chi connectivity index (χ1) is 8.15. The molecule has 0 radical (unpaired) electrons. The van der Waals surface area contributed by atoms with E-state index in [0.717, 1.165) is 24.9 Å². The van der Waals surface area contributed by atoms with Gasteiger partial charge in [-0.2, -0.15) is 0 Å². The number of anilines is 1. The van der Waals surface area contributed by atoms with Crippen LogP contribution in [0.25, 0.3) is 0 Å². The third-order valence-corrected chi connectivity index (χ3v) is 2.98. The zero-order chi connectivity index (χ0) is 12.3. The number of halogens is 2. The lowest BCUT2D eigenvalue weighted by molar-refractivity contribution is -0.120. The van der Waals surface area contributed by atoms with Crippen molar-refractivity contribution >= 4 is 24.0 Å². The van der Waals surface area contributed by atoms with Crippen LogP contribution in [0.15, 0.2) is 18.2 Å². The van der Waals surface area contributed by atoms with Crippen LogP contribution in [0.1, 0.15) is 18.4 Å². The van der Waals surface area contributed by atoms with Gasteiger partial charge in [-0.3, -0.25) is 4.79 Å². The van der Waals surface area contributed by atoms with Crippen molar-refractivity contribution in [1.29, 1.82) is 0 Å². The second-order valence-electron chi connectivity index (χ2n) is 4.55. The molecule has 1 fully saturated rings. The molecule has 1 aliphatic heterocycles. The van der Waals surface area contributed by atoms with E-state index in [2.05, 4.69) is 10.6 Å². The molecule has 1 saturated heterocycles. The highest BCUT2D eigenvalue weighted by Gasteiger charge is 2.20. The van der Waals surface area contributed by atoms with E-state index in [1.165, 1.54) is 12.1 Å². The van der Waals surface area contributed by atoms with E-state index >= 15 is 0 Å². The molecule has 1 heterocycles. The summed E-state index contributed by atoms with van der Waals surface area (Å²) in [6.45, 7) is 3.49. The first kappa shape index (κ1) is 14.9. The Labute approximate surface area is 113 Å². The lowest BCUT2D eigenvalue weighted by atomic mass is 9.99. The van der Waals surface area contributed by atoms with Crippen molar-refractivity contribution in [2.45, 2.75) is 19.8 Å². The van der Waals surface area contributed by atoms with Gasteiger partial charge in [0.25, 0.3) is 0 Å². The van der Waals surface area contributed by atoms with Crippen LogP contribution in [-0.2, 0) is 4.79 Å². The maximum Gasteiger partial charge on any atom is 0.228 e. The molecule has 0 aromatic heterocycles. The molecule has 1 unspecified atom stereocenters. The van der Waals surface area contributed by atoms with Gasteiger partial charge in [-0.25, -0.2) is 4.39 Å². The van der Waals surface area contributed by atoms with Crippen molar-refractivity contribution in [3.8, 4) is 0 Å². The molecule has 1 amide bonds. The van der Waals surface area contributed by atoms with Gasteiger partial charge < -0.3 is 10.6 Å². The fourth-order valence-electron chi connectivity index (χ4n) is 2.13. The van der Waals surface area contributed by atoms with Gasteiger partial charge in [-0.05, 0) is 50.1 Å². The summed E-state index contributed by atoms with van der Waals surface area (Å²) < 4.78 is 13.2. The van der Waals surface area contributed by atoms with Crippen molar-refractivity contribution < 1.29 is 9.18 Å². The standard InChI is InChI=1S/C13H17FN2O.ClH/c1-9-5-11(14)7-12(6-9)16-13(17)10-3-2-4-15-8-10;/h5-7,10,15H,2-4,8H2,1H3,(H,16,17);1H. The number of hydrogen-bond acceptors (Lipinski definition) is 2. The molecule has 0 spiro atoms. The lowest BCUT2D eigenvalue weighted by Gasteiger charge is -2.21. The molecule has 5 heteroatoms. The first-order valence-electron chi connectivity index (χ1n) is 5.94. The Hall–Kier alpha value is -1.13. The largest absolute Gasteiger partial charge is 0.326 e. The number of piperidine rings is 1. The fourth-order valence-corrected chi connectivity index (χ4v) is 2.13. The quantitative estimate of drug-likeness (QED) is 0.869. The molecule has 2 N–H and O–H groups in total. The molecule has 0 saturated carbocycles. The number of amides is 1. The molecule has 1 aromatic carbocycles. The molecule has 0 aliphatic carbocycles. The van der Waals surface area contributed by atoms with E-state index in [-0.39, 0.29) is 30.0 Å². The van der Waals surface area contributed by atoms with Crippen LogP contribution >= 0.6 is 12.4 Å². The minimum absolute atomic E-state index is 0. The first-order valence-corrected chi connectivity index (χ1v) is 5.94. The van der Waals surface area contributed by atoms with Crippen molar-refractivity contribution in [2.75, 3.05) is 18.4 Å². The second kappa shape index (κ2) is 6.71. The Balaban J connectivity index is 0.00000162. The summed E-state index contributed by atoms with van der Waals surface area (Å²) in [7, 11) is 0. The van der Waals surface area contributed by atoms with Crippen molar-refractivity contribution in [3.05, 3.63) is 29.6 Å². The van der Waals surface area contributed by atoms with E-state index in [9.17, 15) is 9.18 Å². The zero-order valence-electron chi connectivity index (χ0n) is 10.3. The second-order valence-corrected chi connectivity index (χ2v) is 4.55. The number of carbonyl (C=O) groups excluding carboxylic acids is 1. The SMILES string of the molecule is Cc1cc(F)cc(NC(=O)C2CCCNC2)c1.Cl. The molecule has 1 atom stereocenters. The van der Waals surface area contributed by atoms with Crippen LogP contribution in [0.3, 0.4) is 0 Å². The molecular formula is C13H18ClFN2O. The molecule has 18 heavy (non-hydrogen) atoms. The number of hydrogen-bond donors (Lipinski definition) is 2. The molecule has 100 valence electrons. The predicted octanol–water partition coefficient (Wildman–Crippen LogP) is 2.49. The van der Waals surface area contributed by atoms with E-state index in [1.54, 1.807) is 13.0 Å². The number of benzene rings is 1. The van der Waals surface area contributed by atoms with Gasteiger partial charge in [-0.15, -0.1) is 12.4 Å². The molecule has 1 aromatic rings. The van der Waals surface area contributed by atoms with Crippen LogP contribution < -0.4 is 10.6 Å². The number of carbonyl (C=O) groups is 1. The maximum atomic E-state index is 13.2. The third kappa shape index (κ3) is 3.96. The average Bonchev–Trinajstić information content (AvgIpc) is 2.28. The normalized spacial score (nSPS) is 18.9. The summed E-state index contributed by atoms with van der Waals surface area (Å²) in [6.07, 6.45) is 1.91. The minimum Gasteiger partial charge on any atom is -0.326 e. The molecule has 2 rings (SSSR count). The topological polar surface area (TPSA) is 41.1 Å². The number of aryl methyl sites for hydroxylation is 1. The van der Waals surface area contributed by atoms with Crippen LogP contribution in [-0.4, -0.2) is 19.0 Å². The van der Waals surface area contributed by atoms with E-state index in [0.29, 0.717) is 12.2 Å². The molecule has 1 aliphatic rings. The van der Waals surface area contributed by atoms with Crippen LogP contribution in [0.4, 0.5) is 10.1 Å². The van der Waals surface area contributed by atoms with Crippen molar-refractivity contribution in [3.63, 3.8) is 0 Å². The highest BCUT2D eigenvalue weighted by Crippen LogP contribution is 2.16. The van der Waals surface area contributed by atoms with Gasteiger partial charge in [0.2, 0.25) is 5.91 Å². The van der Waals surface area contributed by atoms with E-state index in [1.807, 2.05) is 0 Å². The van der Waals surface area contributed by atoms with Crippen molar-refractivity contribution in [1.82, 2.24) is 5.32 Å². The minimum atomic E-state index is -0.318. The summed E-state index contributed by atoms with van der Waals surface area (Å²) in [5.41, 5.74) is 1.35. The smallest absolute Gasteiger partial charge is 0.228 e. The van der Waals surface area contributed by atoms with Gasteiger partial charge >= 0.3 is 0 Å². The van der Waals surface area contributed by atoms with Crippen LogP contribution in [0.5, 0.6) is 0 Å². The van der Waals surface area contributed by atoms with Gasteiger partial charge in [0.1, 0.15) is 5.82 Å². The van der Waals surface area contributed by atoms with Gasteiger partial charge in [-0.1, -0.05) is 0 Å². The average molecular weight is 273 g/mol. The zero-order valence-corrected chi connectivity index (χ0v) is 11.1.